The number of anilines is 1. The topological polar surface area (TPSA) is 91.2 Å². The molecule has 2 aromatic heterocycles. The number of nitrogens with zero attached hydrogens (tertiary/aromatic N) is 3. The van der Waals surface area contributed by atoms with E-state index in [4.69, 9.17) is 0 Å². The molecule has 3 N–H and O–H groups in total. The fourth-order valence-corrected chi connectivity index (χ4v) is 3.73. The third-order valence-electron chi connectivity index (χ3n) is 5.27. The average Bonchev–Trinajstić information content (AvgIpc) is 2.70. The molecule has 0 bridgehead atoms. The lowest BCUT2D eigenvalue weighted by Crippen LogP contribution is -2.36. The number of hydrogen-bond donors (Lipinski definition) is 3. The Labute approximate surface area is 168 Å². The van der Waals surface area contributed by atoms with Gasteiger partial charge in [-0.3, -0.25) is 4.98 Å². The zero-order valence-corrected chi connectivity index (χ0v) is 15.6. The van der Waals surface area contributed by atoms with Crippen LogP contribution >= 0.6 is 0 Å². The first-order chi connectivity index (χ1) is 14.3. The summed E-state index contributed by atoms with van der Waals surface area (Å²) in [5, 5.41) is 32.3. The van der Waals surface area contributed by atoms with Crippen LogP contribution in [-0.2, 0) is 6.18 Å². The van der Waals surface area contributed by atoms with Crippen molar-refractivity contribution >= 4 is 16.6 Å². The molecule has 6 nitrogen and oxygen atoms in total. The average molecular weight is 422 g/mol. The molecule has 0 aliphatic heterocycles. The van der Waals surface area contributed by atoms with E-state index in [-0.39, 0.29) is 11.7 Å². The number of hydrogen-bond acceptors (Lipinski definition) is 6. The number of phenolic OH excluding ortho intramolecular Hbond substituents is 1. The summed E-state index contributed by atoms with van der Waals surface area (Å²) in [5.41, 5.74) is -1.88. The molecule has 3 aromatic rings. The molecule has 2 atom stereocenters. The number of aromatic hydroxyl groups is 1. The van der Waals surface area contributed by atoms with E-state index in [9.17, 15) is 27.8 Å². The number of aliphatic hydroxyl groups excluding tert-OH is 1. The monoisotopic (exact) mass is 422 g/mol. The second-order valence-corrected chi connectivity index (χ2v) is 7.27. The molecule has 1 aliphatic rings. The highest BCUT2D eigenvalue weighted by molar-refractivity contribution is 6.00. The van der Waals surface area contributed by atoms with Gasteiger partial charge in [0.15, 0.2) is 5.82 Å². The molecular weight excluding hydrogens is 404 g/mol. The van der Waals surface area contributed by atoms with Gasteiger partial charge in [-0.1, -0.05) is 12.8 Å². The molecule has 0 radical (unpaired) electrons. The van der Waals surface area contributed by atoms with Crippen LogP contribution in [0.4, 0.5) is 23.4 Å². The molecule has 0 unspecified atom stereocenters. The Bertz CT molecular complexity index is 1070. The van der Waals surface area contributed by atoms with Gasteiger partial charge in [-0.15, -0.1) is 10.2 Å². The Balaban J connectivity index is 1.81. The third-order valence-corrected chi connectivity index (χ3v) is 5.27. The van der Waals surface area contributed by atoms with Crippen LogP contribution in [0.1, 0.15) is 31.2 Å². The van der Waals surface area contributed by atoms with Crippen LogP contribution in [0.25, 0.3) is 22.0 Å². The van der Waals surface area contributed by atoms with Gasteiger partial charge in [0.25, 0.3) is 0 Å². The Morgan fingerprint density at radius 1 is 1.07 bits per heavy atom. The van der Waals surface area contributed by atoms with Gasteiger partial charge in [-0.25, -0.2) is 4.39 Å². The van der Waals surface area contributed by atoms with Gasteiger partial charge in [0.05, 0.1) is 23.3 Å². The zero-order valence-electron chi connectivity index (χ0n) is 15.6. The summed E-state index contributed by atoms with van der Waals surface area (Å²) in [6.45, 7) is 0. The summed E-state index contributed by atoms with van der Waals surface area (Å²) in [7, 11) is 0. The molecule has 158 valence electrons. The van der Waals surface area contributed by atoms with Crippen molar-refractivity contribution in [2.75, 3.05) is 5.32 Å². The van der Waals surface area contributed by atoms with Crippen LogP contribution < -0.4 is 5.32 Å². The summed E-state index contributed by atoms with van der Waals surface area (Å²) in [5.74, 6) is -1.84. The second kappa shape index (κ2) is 7.67. The van der Waals surface area contributed by atoms with Crippen molar-refractivity contribution in [1.29, 1.82) is 0 Å². The number of halogens is 4. The van der Waals surface area contributed by atoms with Gasteiger partial charge in [0.2, 0.25) is 0 Å². The summed E-state index contributed by atoms with van der Waals surface area (Å²) in [6.07, 6.45) is 0.798. The van der Waals surface area contributed by atoms with Crippen molar-refractivity contribution in [1.82, 2.24) is 15.2 Å². The van der Waals surface area contributed by atoms with Crippen LogP contribution in [0, 0.1) is 5.82 Å². The minimum absolute atomic E-state index is 0.106. The largest absolute Gasteiger partial charge is 0.507 e. The maximum absolute atomic E-state index is 14.6. The molecule has 1 aromatic carbocycles. The van der Waals surface area contributed by atoms with Gasteiger partial charge in [0.1, 0.15) is 17.3 Å². The van der Waals surface area contributed by atoms with Gasteiger partial charge in [-0.05, 0) is 31.0 Å². The van der Waals surface area contributed by atoms with E-state index >= 15 is 0 Å². The number of fused-ring (bicyclic) bond motifs is 1. The molecule has 1 aliphatic carbocycles. The fraction of sp³-hybridized carbons (Fsp3) is 0.350. The van der Waals surface area contributed by atoms with Crippen LogP contribution in [0.5, 0.6) is 5.75 Å². The Kier molecular flexibility index (Phi) is 5.19. The van der Waals surface area contributed by atoms with E-state index in [2.05, 4.69) is 20.5 Å². The lowest BCUT2D eigenvalue weighted by Gasteiger charge is -2.29. The van der Waals surface area contributed by atoms with E-state index in [0.29, 0.717) is 35.1 Å². The summed E-state index contributed by atoms with van der Waals surface area (Å²) in [4.78, 5) is 4.04. The highest BCUT2D eigenvalue weighted by Gasteiger charge is 2.33. The van der Waals surface area contributed by atoms with Crippen molar-refractivity contribution in [2.24, 2.45) is 0 Å². The normalized spacial score (nSPS) is 19.8. The minimum atomic E-state index is -4.80. The first-order valence-corrected chi connectivity index (χ1v) is 9.41. The number of rotatable bonds is 3. The fourth-order valence-electron chi connectivity index (χ4n) is 3.73. The SMILES string of the molecule is Oc1cc(C(F)(F)F)cc(F)c1-c1nnc(N[C@@H]2CCCC[C@@H]2O)c2cnccc12. The van der Waals surface area contributed by atoms with E-state index in [0.717, 1.165) is 19.3 Å². The molecule has 2 heterocycles. The van der Waals surface area contributed by atoms with Crippen molar-refractivity contribution in [3.05, 3.63) is 42.0 Å². The highest BCUT2D eigenvalue weighted by Crippen LogP contribution is 2.40. The lowest BCUT2D eigenvalue weighted by atomic mass is 9.92. The standard InChI is InChI=1S/C20H18F4N4O2/c21-13-7-10(20(22,23)24)8-16(30)17(13)18-11-5-6-25-9-12(11)19(28-27-18)26-14-3-1-2-4-15(14)29/h5-9,14-15,29-30H,1-4H2,(H,26,28)/t14-,15+/m1/s1. The molecule has 10 heteroatoms. The molecule has 30 heavy (non-hydrogen) atoms. The summed E-state index contributed by atoms with van der Waals surface area (Å²) in [6, 6.07) is 2.04. The second-order valence-electron chi connectivity index (χ2n) is 7.27. The number of benzene rings is 1. The van der Waals surface area contributed by atoms with Gasteiger partial charge in [-0.2, -0.15) is 13.2 Å². The van der Waals surface area contributed by atoms with Gasteiger partial charge >= 0.3 is 6.18 Å². The first-order valence-electron chi connectivity index (χ1n) is 9.41. The molecule has 1 saturated carbocycles. The summed E-state index contributed by atoms with van der Waals surface area (Å²) < 4.78 is 53.3. The molecule has 4 rings (SSSR count). The quantitative estimate of drug-likeness (QED) is 0.546. The number of aromatic nitrogens is 3. The zero-order chi connectivity index (χ0) is 21.5. The van der Waals surface area contributed by atoms with Crippen LogP contribution in [-0.4, -0.2) is 37.5 Å². The highest BCUT2D eigenvalue weighted by atomic mass is 19.4. The molecule has 0 amide bonds. The number of alkyl halides is 3. The number of nitrogens with one attached hydrogen (secondary N) is 1. The van der Waals surface area contributed by atoms with E-state index < -0.39 is 35.0 Å². The molecule has 0 spiro atoms. The number of aliphatic hydroxyl groups is 1. The predicted octanol–water partition coefficient (Wildman–Crippen LogP) is 4.27. The smallest absolute Gasteiger partial charge is 0.416 e. The van der Waals surface area contributed by atoms with E-state index in [1.165, 1.54) is 18.5 Å². The van der Waals surface area contributed by atoms with Crippen molar-refractivity contribution < 1.29 is 27.8 Å². The Hall–Kier alpha value is -3.01. The molecule has 0 saturated heterocycles. The van der Waals surface area contributed by atoms with Crippen molar-refractivity contribution in [3.63, 3.8) is 0 Å². The maximum Gasteiger partial charge on any atom is 0.416 e. The van der Waals surface area contributed by atoms with Crippen LogP contribution in [0.2, 0.25) is 0 Å². The predicted molar refractivity (Wildman–Crippen MR) is 101 cm³/mol. The van der Waals surface area contributed by atoms with Gasteiger partial charge in [0, 0.05) is 23.2 Å². The number of pyridine rings is 1. The lowest BCUT2D eigenvalue weighted by molar-refractivity contribution is -0.137. The summed E-state index contributed by atoms with van der Waals surface area (Å²) >= 11 is 0. The Morgan fingerprint density at radius 3 is 2.53 bits per heavy atom. The minimum Gasteiger partial charge on any atom is -0.507 e. The Morgan fingerprint density at radius 2 is 1.83 bits per heavy atom. The van der Waals surface area contributed by atoms with Crippen LogP contribution in [0.15, 0.2) is 30.6 Å². The van der Waals surface area contributed by atoms with Crippen molar-refractivity contribution in [2.45, 2.75) is 44.0 Å². The van der Waals surface area contributed by atoms with Gasteiger partial charge < -0.3 is 15.5 Å². The van der Waals surface area contributed by atoms with Crippen molar-refractivity contribution in [3.8, 4) is 17.0 Å². The van der Waals surface area contributed by atoms with E-state index in [1.54, 1.807) is 0 Å². The number of phenols is 1. The maximum atomic E-state index is 14.6. The molecular formula is C20H18F4N4O2. The molecule has 1 fully saturated rings. The van der Waals surface area contributed by atoms with E-state index in [1.807, 2.05) is 0 Å². The third kappa shape index (κ3) is 3.74. The first kappa shape index (κ1) is 20.3. The van der Waals surface area contributed by atoms with Crippen LogP contribution in [0.3, 0.4) is 0 Å².